The summed E-state index contributed by atoms with van der Waals surface area (Å²) in [5.41, 5.74) is 1.66. The van der Waals surface area contributed by atoms with Crippen molar-refractivity contribution in [2.24, 2.45) is 11.8 Å². The number of anilines is 1. The molecule has 1 aliphatic heterocycles. The molecule has 2 aromatic carbocycles. The number of carbonyl (C=O) groups is 1. The fourth-order valence-electron chi connectivity index (χ4n) is 4.47. The molecule has 2 atom stereocenters. The third-order valence-corrected chi connectivity index (χ3v) is 8.56. The molecule has 5 rings (SSSR count). The Hall–Kier alpha value is -3.01. The van der Waals surface area contributed by atoms with Crippen molar-refractivity contribution < 1.29 is 17.6 Å². The molecule has 1 saturated heterocycles. The summed E-state index contributed by atoms with van der Waals surface area (Å²) < 4.78 is 33.8. The lowest BCUT2D eigenvalue weighted by atomic mass is 9.94. The minimum atomic E-state index is -3.67. The molecule has 1 aliphatic rings. The molecule has 0 bridgehead atoms. The molecule has 4 aromatic rings. The summed E-state index contributed by atoms with van der Waals surface area (Å²) in [4.78, 5) is 17.5. The first-order valence-corrected chi connectivity index (χ1v) is 13.5. The number of hydrogen-bond acceptors (Lipinski definition) is 6. The Morgan fingerprint density at radius 1 is 1.09 bits per heavy atom. The summed E-state index contributed by atoms with van der Waals surface area (Å²) in [6.07, 6.45) is 1.01. The monoisotopic (exact) mass is 495 g/mol. The second-order valence-corrected chi connectivity index (χ2v) is 11.7. The van der Waals surface area contributed by atoms with Crippen molar-refractivity contribution in [3.63, 3.8) is 0 Å². The smallest absolute Gasteiger partial charge is 0.257 e. The van der Waals surface area contributed by atoms with E-state index in [9.17, 15) is 13.2 Å². The van der Waals surface area contributed by atoms with E-state index in [1.54, 1.807) is 18.2 Å². The normalized spacial score (nSPS) is 19.4. The van der Waals surface area contributed by atoms with Gasteiger partial charge in [0.1, 0.15) is 11.3 Å². The Morgan fingerprint density at radius 2 is 1.85 bits per heavy atom. The van der Waals surface area contributed by atoms with Gasteiger partial charge in [-0.3, -0.25) is 10.1 Å². The highest BCUT2D eigenvalue weighted by atomic mass is 32.2. The van der Waals surface area contributed by atoms with Gasteiger partial charge in [-0.15, -0.1) is 11.3 Å². The van der Waals surface area contributed by atoms with Crippen LogP contribution in [-0.4, -0.2) is 36.7 Å². The van der Waals surface area contributed by atoms with E-state index in [-0.39, 0.29) is 10.5 Å². The summed E-state index contributed by atoms with van der Waals surface area (Å²) >= 11 is 1.28. The first-order chi connectivity index (χ1) is 16.3. The topological polar surface area (TPSA) is 92.5 Å². The zero-order valence-corrected chi connectivity index (χ0v) is 20.5. The van der Waals surface area contributed by atoms with Gasteiger partial charge in [-0.1, -0.05) is 38.1 Å². The number of amides is 1. The largest absolute Gasteiger partial charge is 0.454 e. The van der Waals surface area contributed by atoms with Gasteiger partial charge in [0.05, 0.1) is 4.90 Å². The molecule has 1 amide bonds. The third kappa shape index (κ3) is 4.51. The van der Waals surface area contributed by atoms with E-state index in [0.717, 1.165) is 17.4 Å². The fourth-order valence-corrected chi connectivity index (χ4v) is 6.89. The van der Waals surface area contributed by atoms with Crippen LogP contribution in [0.25, 0.3) is 22.4 Å². The number of benzene rings is 2. The standard InChI is InChI=1S/C25H25N3O4S2/c1-16-10-17(2)14-28(13-16)34(30,31)20-8-5-7-19(11-20)24(29)27-25-26-21(15-33-25)23-12-18-6-3-4-9-22(18)32-23/h3-9,11-12,15-17H,10,13-14H2,1-2H3,(H,26,27,29). The highest BCUT2D eigenvalue weighted by Gasteiger charge is 2.32. The van der Waals surface area contributed by atoms with Crippen LogP contribution in [0.2, 0.25) is 0 Å². The first-order valence-electron chi connectivity index (χ1n) is 11.2. The minimum absolute atomic E-state index is 0.128. The number of furan rings is 1. The Bertz CT molecular complexity index is 1410. The van der Waals surface area contributed by atoms with Crippen LogP contribution in [0.1, 0.15) is 30.6 Å². The zero-order valence-electron chi connectivity index (χ0n) is 18.9. The number of aromatic nitrogens is 1. The molecular weight excluding hydrogens is 470 g/mol. The average molecular weight is 496 g/mol. The molecule has 7 nitrogen and oxygen atoms in total. The maximum Gasteiger partial charge on any atom is 0.257 e. The van der Waals surface area contributed by atoms with E-state index in [2.05, 4.69) is 24.1 Å². The Kier molecular flexibility index (Phi) is 6.01. The number of fused-ring (bicyclic) bond motifs is 1. The van der Waals surface area contributed by atoms with Crippen LogP contribution in [0.15, 0.2) is 69.3 Å². The molecule has 0 spiro atoms. The molecule has 2 unspecified atom stereocenters. The molecule has 1 fully saturated rings. The number of carbonyl (C=O) groups excluding carboxylic acids is 1. The Balaban J connectivity index is 1.33. The number of nitrogens with zero attached hydrogens (tertiary/aromatic N) is 2. The fraction of sp³-hybridized carbons (Fsp3) is 0.280. The number of thiazole rings is 1. The van der Waals surface area contributed by atoms with Crippen molar-refractivity contribution in [1.82, 2.24) is 9.29 Å². The highest BCUT2D eigenvalue weighted by Crippen LogP contribution is 2.31. The van der Waals surface area contributed by atoms with Gasteiger partial charge in [-0.2, -0.15) is 4.31 Å². The van der Waals surface area contributed by atoms with E-state index in [0.29, 0.717) is 41.5 Å². The van der Waals surface area contributed by atoms with Gasteiger partial charge >= 0.3 is 0 Å². The van der Waals surface area contributed by atoms with Gasteiger partial charge < -0.3 is 4.42 Å². The number of sulfonamides is 1. The van der Waals surface area contributed by atoms with E-state index >= 15 is 0 Å². The number of piperidine rings is 1. The van der Waals surface area contributed by atoms with Crippen molar-refractivity contribution in [2.75, 3.05) is 18.4 Å². The first kappa shape index (κ1) is 22.8. The van der Waals surface area contributed by atoms with Crippen LogP contribution in [0.4, 0.5) is 5.13 Å². The van der Waals surface area contributed by atoms with Gasteiger partial charge in [0.2, 0.25) is 10.0 Å². The average Bonchev–Trinajstić information content (AvgIpc) is 3.45. The zero-order chi connectivity index (χ0) is 23.9. The predicted octanol–water partition coefficient (Wildman–Crippen LogP) is 5.48. The number of nitrogens with one attached hydrogen (secondary N) is 1. The van der Waals surface area contributed by atoms with Crippen LogP contribution in [0.5, 0.6) is 0 Å². The van der Waals surface area contributed by atoms with Gasteiger partial charge in [0, 0.05) is 29.4 Å². The molecule has 1 N–H and O–H groups in total. The van der Waals surface area contributed by atoms with Crippen LogP contribution in [0, 0.1) is 11.8 Å². The van der Waals surface area contributed by atoms with E-state index in [1.807, 2.05) is 35.7 Å². The summed E-state index contributed by atoms with van der Waals surface area (Å²) in [7, 11) is -3.67. The van der Waals surface area contributed by atoms with Gasteiger partial charge in [0.15, 0.2) is 10.9 Å². The number of rotatable bonds is 5. The molecular formula is C25H25N3O4S2. The summed E-state index contributed by atoms with van der Waals surface area (Å²) in [6.45, 7) is 5.12. The lowest BCUT2D eigenvalue weighted by molar-refractivity contribution is 0.102. The van der Waals surface area contributed by atoms with Crippen LogP contribution in [-0.2, 0) is 10.0 Å². The summed E-state index contributed by atoms with van der Waals surface area (Å²) in [5, 5.41) is 5.97. The molecule has 2 aromatic heterocycles. The molecule has 176 valence electrons. The van der Waals surface area contributed by atoms with Crippen molar-refractivity contribution in [3.8, 4) is 11.5 Å². The Morgan fingerprint density at radius 3 is 2.62 bits per heavy atom. The van der Waals surface area contributed by atoms with Crippen LogP contribution >= 0.6 is 11.3 Å². The quantitative estimate of drug-likeness (QED) is 0.396. The van der Waals surface area contributed by atoms with E-state index in [4.69, 9.17) is 4.42 Å². The molecule has 34 heavy (non-hydrogen) atoms. The maximum atomic E-state index is 13.2. The SMILES string of the molecule is CC1CC(C)CN(S(=O)(=O)c2cccc(C(=O)Nc3nc(-c4cc5ccccc5o4)cs3)c2)C1. The van der Waals surface area contributed by atoms with Crippen LogP contribution in [0.3, 0.4) is 0 Å². The Labute approximate surface area is 202 Å². The van der Waals surface area contributed by atoms with Gasteiger partial charge in [-0.05, 0) is 48.6 Å². The third-order valence-electron chi connectivity index (χ3n) is 5.97. The molecule has 0 saturated carbocycles. The van der Waals surface area contributed by atoms with E-state index in [1.165, 1.54) is 21.7 Å². The lowest BCUT2D eigenvalue weighted by Crippen LogP contribution is -2.42. The maximum absolute atomic E-state index is 13.2. The summed E-state index contributed by atoms with van der Waals surface area (Å²) in [5.74, 6) is 0.811. The number of para-hydroxylation sites is 1. The van der Waals surface area contributed by atoms with Crippen LogP contribution < -0.4 is 5.32 Å². The van der Waals surface area contributed by atoms with Gasteiger partial charge in [-0.25, -0.2) is 13.4 Å². The van der Waals surface area contributed by atoms with Gasteiger partial charge in [0.25, 0.3) is 5.91 Å². The van der Waals surface area contributed by atoms with Crippen molar-refractivity contribution >= 4 is 43.4 Å². The predicted molar refractivity (Wildman–Crippen MR) is 133 cm³/mol. The molecule has 0 radical (unpaired) electrons. The van der Waals surface area contributed by atoms with Crippen molar-refractivity contribution in [1.29, 1.82) is 0 Å². The van der Waals surface area contributed by atoms with Crippen molar-refractivity contribution in [2.45, 2.75) is 25.2 Å². The number of hydrogen-bond donors (Lipinski definition) is 1. The molecule has 3 heterocycles. The van der Waals surface area contributed by atoms with Crippen molar-refractivity contribution in [3.05, 3.63) is 65.5 Å². The second-order valence-electron chi connectivity index (χ2n) is 8.94. The molecule has 9 heteroatoms. The second kappa shape index (κ2) is 8.98. The highest BCUT2D eigenvalue weighted by molar-refractivity contribution is 7.89. The van der Waals surface area contributed by atoms with E-state index < -0.39 is 15.9 Å². The minimum Gasteiger partial charge on any atom is -0.454 e. The molecule has 0 aliphatic carbocycles. The summed E-state index contributed by atoms with van der Waals surface area (Å²) in [6, 6.07) is 15.8. The lowest BCUT2D eigenvalue weighted by Gasteiger charge is -2.34.